The van der Waals surface area contributed by atoms with Gasteiger partial charge in [-0.1, -0.05) is 6.07 Å². The van der Waals surface area contributed by atoms with Crippen molar-refractivity contribution in [1.82, 2.24) is 9.38 Å². The molecule has 1 aromatic carbocycles. The fourth-order valence-electron chi connectivity index (χ4n) is 2.67. The smallest absolute Gasteiger partial charge is 0.137 e. The van der Waals surface area contributed by atoms with Crippen molar-refractivity contribution in [2.75, 3.05) is 0 Å². The fourth-order valence-corrected chi connectivity index (χ4v) is 2.67. The van der Waals surface area contributed by atoms with Gasteiger partial charge < -0.3 is 9.14 Å². The highest BCUT2D eigenvalue weighted by Gasteiger charge is 2.19. The minimum Gasteiger partial charge on any atom is -0.491 e. The molecule has 0 amide bonds. The Kier molecular flexibility index (Phi) is 4.03. The van der Waals surface area contributed by atoms with E-state index in [0.29, 0.717) is 0 Å². The van der Waals surface area contributed by atoms with E-state index in [9.17, 15) is 5.26 Å². The van der Waals surface area contributed by atoms with Gasteiger partial charge in [-0.15, -0.1) is 0 Å². The third kappa shape index (κ3) is 2.91. The first-order valence-corrected chi connectivity index (χ1v) is 7.74. The van der Waals surface area contributed by atoms with Crippen molar-refractivity contribution in [1.29, 1.82) is 5.26 Å². The second kappa shape index (κ2) is 6.13. The summed E-state index contributed by atoms with van der Waals surface area (Å²) >= 11 is 0. The van der Waals surface area contributed by atoms with Crippen LogP contribution < -0.4 is 4.74 Å². The summed E-state index contributed by atoms with van der Waals surface area (Å²) in [6.07, 6.45) is 2.09. The lowest BCUT2D eigenvalue weighted by molar-refractivity contribution is 0.242. The molecular formula is C19H19N3O. The Labute approximate surface area is 136 Å². The maximum atomic E-state index is 9.37. The molecule has 3 aromatic rings. The van der Waals surface area contributed by atoms with E-state index in [4.69, 9.17) is 9.72 Å². The highest BCUT2D eigenvalue weighted by Crippen LogP contribution is 2.31. The Morgan fingerprint density at radius 3 is 2.48 bits per heavy atom. The molecule has 4 nitrogen and oxygen atoms in total. The fraction of sp³-hybridized carbons (Fsp3) is 0.263. The zero-order valence-corrected chi connectivity index (χ0v) is 13.5. The van der Waals surface area contributed by atoms with E-state index in [2.05, 4.69) is 6.07 Å². The summed E-state index contributed by atoms with van der Waals surface area (Å²) in [4.78, 5) is 4.71. The van der Waals surface area contributed by atoms with Gasteiger partial charge in [-0.25, -0.2) is 4.98 Å². The van der Waals surface area contributed by atoms with E-state index in [0.717, 1.165) is 28.3 Å². The molecule has 1 atom stereocenters. The van der Waals surface area contributed by atoms with Crippen LogP contribution in [0, 0.1) is 11.3 Å². The summed E-state index contributed by atoms with van der Waals surface area (Å²) < 4.78 is 7.67. The molecule has 0 aliphatic heterocycles. The Morgan fingerprint density at radius 1 is 1.09 bits per heavy atom. The van der Waals surface area contributed by atoms with Crippen molar-refractivity contribution >= 4 is 5.65 Å². The molecule has 0 aliphatic carbocycles. The van der Waals surface area contributed by atoms with Crippen molar-refractivity contribution in [3.8, 4) is 23.1 Å². The zero-order chi connectivity index (χ0) is 16.4. The number of rotatable bonds is 4. The third-order valence-electron chi connectivity index (χ3n) is 3.67. The van der Waals surface area contributed by atoms with Gasteiger partial charge in [-0.05, 0) is 57.2 Å². The monoisotopic (exact) mass is 305 g/mol. The van der Waals surface area contributed by atoms with E-state index < -0.39 is 0 Å². The number of pyridine rings is 1. The molecule has 2 aromatic heterocycles. The van der Waals surface area contributed by atoms with Gasteiger partial charge in [0.1, 0.15) is 11.4 Å². The van der Waals surface area contributed by atoms with Crippen LogP contribution in [-0.2, 0) is 0 Å². The number of nitrogens with zero attached hydrogens (tertiary/aromatic N) is 3. The Morgan fingerprint density at radius 2 is 1.83 bits per heavy atom. The first kappa shape index (κ1) is 15.1. The number of nitriles is 1. The lowest BCUT2D eigenvalue weighted by atomic mass is 10.0. The summed E-state index contributed by atoms with van der Waals surface area (Å²) in [5, 5.41) is 9.37. The molecule has 0 fully saturated rings. The van der Waals surface area contributed by atoms with Crippen LogP contribution in [0.3, 0.4) is 0 Å². The first-order valence-electron chi connectivity index (χ1n) is 7.74. The van der Waals surface area contributed by atoms with Crippen LogP contribution in [0.1, 0.15) is 32.4 Å². The predicted molar refractivity (Wildman–Crippen MR) is 90.4 cm³/mol. The largest absolute Gasteiger partial charge is 0.491 e. The number of fused-ring (bicyclic) bond motifs is 1. The molecule has 0 saturated carbocycles. The average Bonchev–Trinajstić information content (AvgIpc) is 2.93. The number of imidazole rings is 1. The molecule has 4 heteroatoms. The molecule has 0 radical (unpaired) electrons. The van der Waals surface area contributed by atoms with Crippen LogP contribution in [0.15, 0.2) is 48.7 Å². The number of hydrogen-bond acceptors (Lipinski definition) is 3. The van der Waals surface area contributed by atoms with Crippen LogP contribution in [0.5, 0.6) is 5.75 Å². The van der Waals surface area contributed by atoms with Gasteiger partial charge in [0.25, 0.3) is 0 Å². The van der Waals surface area contributed by atoms with E-state index in [1.807, 2.05) is 73.8 Å². The number of hydrogen-bond donors (Lipinski definition) is 0. The molecule has 23 heavy (non-hydrogen) atoms. The molecule has 0 N–H and O–H groups in total. The van der Waals surface area contributed by atoms with Crippen LogP contribution in [-0.4, -0.2) is 15.5 Å². The maximum Gasteiger partial charge on any atom is 0.137 e. The molecule has 2 heterocycles. The summed E-state index contributed by atoms with van der Waals surface area (Å²) in [5.74, 6) is 0.594. The average molecular weight is 305 g/mol. The van der Waals surface area contributed by atoms with Crippen molar-refractivity contribution in [2.45, 2.75) is 32.8 Å². The lowest BCUT2D eigenvalue weighted by Crippen LogP contribution is -2.05. The van der Waals surface area contributed by atoms with Crippen molar-refractivity contribution in [2.24, 2.45) is 0 Å². The Balaban J connectivity index is 2.10. The maximum absolute atomic E-state index is 9.37. The van der Waals surface area contributed by atoms with Gasteiger partial charge in [-0.2, -0.15) is 5.26 Å². The van der Waals surface area contributed by atoms with Crippen LogP contribution >= 0.6 is 0 Å². The van der Waals surface area contributed by atoms with Gasteiger partial charge in [0.2, 0.25) is 0 Å². The SMILES string of the molecule is CC(C)Oc1ccc(-c2nc3ccccn3c2C(C)C#N)cc1. The Bertz CT molecular complexity index is 856. The third-order valence-corrected chi connectivity index (χ3v) is 3.67. The van der Waals surface area contributed by atoms with Gasteiger partial charge >= 0.3 is 0 Å². The van der Waals surface area contributed by atoms with Crippen molar-refractivity contribution in [3.05, 3.63) is 54.4 Å². The minimum atomic E-state index is -0.242. The van der Waals surface area contributed by atoms with Crippen LogP contribution in [0.4, 0.5) is 0 Å². The summed E-state index contributed by atoms with van der Waals surface area (Å²) in [5.41, 5.74) is 3.60. The van der Waals surface area contributed by atoms with E-state index in [-0.39, 0.29) is 12.0 Å². The summed E-state index contributed by atoms with van der Waals surface area (Å²) in [7, 11) is 0. The van der Waals surface area contributed by atoms with E-state index in [1.54, 1.807) is 0 Å². The highest BCUT2D eigenvalue weighted by molar-refractivity contribution is 5.68. The second-order valence-corrected chi connectivity index (χ2v) is 5.82. The molecule has 1 unspecified atom stereocenters. The first-order chi connectivity index (χ1) is 11.1. The van der Waals surface area contributed by atoms with Gasteiger partial charge in [-0.3, -0.25) is 0 Å². The number of aromatic nitrogens is 2. The van der Waals surface area contributed by atoms with Crippen LogP contribution in [0.2, 0.25) is 0 Å². The second-order valence-electron chi connectivity index (χ2n) is 5.82. The molecule has 3 rings (SSSR count). The van der Waals surface area contributed by atoms with Crippen molar-refractivity contribution < 1.29 is 4.74 Å². The molecule has 0 saturated heterocycles. The molecule has 0 spiro atoms. The summed E-state index contributed by atoms with van der Waals surface area (Å²) in [6.45, 7) is 5.90. The topological polar surface area (TPSA) is 50.3 Å². The van der Waals surface area contributed by atoms with Gasteiger partial charge in [0.15, 0.2) is 0 Å². The molecular weight excluding hydrogens is 286 g/mol. The van der Waals surface area contributed by atoms with Gasteiger partial charge in [0.05, 0.1) is 29.5 Å². The van der Waals surface area contributed by atoms with Crippen LogP contribution in [0.25, 0.3) is 16.9 Å². The normalized spacial score (nSPS) is 12.3. The Hall–Kier alpha value is -2.80. The van der Waals surface area contributed by atoms with Crippen molar-refractivity contribution in [3.63, 3.8) is 0 Å². The predicted octanol–water partition coefficient (Wildman–Crippen LogP) is 4.42. The molecule has 0 aliphatic rings. The van der Waals surface area contributed by atoms with E-state index >= 15 is 0 Å². The van der Waals surface area contributed by atoms with E-state index in [1.165, 1.54) is 0 Å². The number of benzene rings is 1. The lowest BCUT2D eigenvalue weighted by Gasteiger charge is -2.10. The van der Waals surface area contributed by atoms with Gasteiger partial charge in [0, 0.05) is 11.8 Å². The quantitative estimate of drug-likeness (QED) is 0.717. The standard InChI is InChI=1S/C19H19N3O/c1-13(2)23-16-9-7-15(8-10-16)18-19(14(3)12-20)22-11-5-4-6-17(22)21-18/h4-11,13-14H,1-3H3. The summed E-state index contributed by atoms with van der Waals surface area (Å²) in [6, 6.07) is 16.0. The highest BCUT2D eigenvalue weighted by atomic mass is 16.5. The number of ether oxygens (including phenoxy) is 1. The minimum absolute atomic E-state index is 0.144. The molecule has 116 valence electrons. The zero-order valence-electron chi connectivity index (χ0n) is 13.5. The molecule has 0 bridgehead atoms.